The van der Waals surface area contributed by atoms with Gasteiger partial charge >= 0.3 is 6.18 Å². The monoisotopic (exact) mass is 539 g/mol. The second-order valence-electron chi connectivity index (χ2n) is 9.73. The van der Waals surface area contributed by atoms with Crippen molar-refractivity contribution in [2.75, 3.05) is 13.1 Å². The molecule has 1 aromatic heterocycles. The zero-order valence-corrected chi connectivity index (χ0v) is 21.2. The molecule has 4 aromatic rings. The number of benzene rings is 3. The molecule has 0 atom stereocenters. The van der Waals surface area contributed by atoms with Gasteiger partial charge < -0.3 is 9.32 Å². The van der Waals surface area contributed by atoms with Crippen molar-refractivity contribution in [2.24, 2.45) is 0 Å². The minimum atomic E-state index is -4.44. The van der Waals surface area contributed by atoms with Crippen molar-refractivity contribution in [1.29, 1.82) is 0 Å². The molecule has 0 spiro atoms. The van der Waals surface area contributed by atoms with Gasteiger partial charge in [0.2, 0.25) is 0 Å². The molecular weight excluding hydrogens is 513 g/mol. The van der Waals surface area contributed by atoms with E-state index in [1.807, 2.05) is 37.3 Å². The van der Waals surface area contributed by atoms with Gasteiger partial charge in [-0.2, -0.15) is 13.2 Å². The van der Waals surface area contributed by atoms with Crippen LogP contribution in [0.4, 0.5) is 22.0 Å². The van der Waals surface area contributed by atoms with Crippen LogP contribution in [0.2, 0.25) is 0 Å². The zero-order chi connectivity index (χ0) is 27.8. The van der Waals surface area contributed by atoms with Gasteiger partial charge in [0.05, 0.1) is 5.56 Å². The summed E-state index contributed by atoms with van der Waals surface area (Å²) in [6, 6.07) is 17.6. The number of amides is 1. The maximum atomic E-state index is 13.5. The zero-order valence-electron chi connectivity index (χ0n) is 21.2. The predicted octanol–water partition coefficient (Wildman–Crippen LogP) is 8.78. The van der Waals surface area contributed by atoms with Gasteiger partial charge in [0.1, 0.15) is 11.3 Å². The highest BCUT2D eigenvalue weighted by Crippen LogP contribution is 2.38. The predicted molar refractivity (Wildman–Crippen MR) is 141 cm³/mol. The molecule has 8 heteroatoms. The van der Waals surface area contributed by atoms with Crippen molar-refractivity contribution in [3.63, 3.8) is 0 Å². The lowest BCUT2D eigenvalue weighted by atomic mass is 9.95. The molecule has 0 radical (unpaired) electrons. The molecule has 0 aliphatic carbocycles. The quantitative estimate of drug-likeness (QED) is 0.188. The molecule has 0 bridgehead atoms. The third-order valence-corrected chi connectivity index (χ3v) is 6.99. The second kappa shape index (κ2) is 10.3. The molecule has 1 saturated heterocycles. The Morgan fingerprint density at radius 3 is 2.18 bits per heavy atom. The van der Waals surface area contributed by atoms with E-state index < -0.39 is 17.7 Å². The molecule has 39 heavy (non-hydrogen) atoms. The first-order chi connectivity index (χ1) is 18.5. The Bertz CT molecular complexity index is 1510. The molecule has 0 saturated carbocycles. The van der Waals surface area contributed by atoms with Gasteiger partial charge in [-0.05, 0) is 66.1 Å². The van der Waals surface area contributed by atoms with Crippen molar-refractivity contribution < 1.29 is 31.2 Å². The Hall–Kier alpha value is -3.94. The first-order valence-corrected chi connectivity index (χ1v) is 12.7. The molecule has 2 heterocycles. The van der Waals surface area contributed by atoms with Gasteiger partial charge in [-0.3, -0.25) is 4.79 Å². The van der Waals surface area contributed by atoms with Crippen molar-refractivity contribution in [1.82, 2.24) is 4.90 Å². The van der Waals surface area contributed by atoms with Crippen LogP contribution < -0.4 is 0 Å². The Morgan fingerprint density at radius 2 is 1.56 bits per heavy atom. The summed E-state index contributed by atoms with van der Waals surface area (Å²) in [5.41, 5.74) is 3.07. The third-order valence-electron chi connectivity index (χ3n) is 6.99. The van der Waals surface area contributed by atoms with E-state index in [9.17, 15) is 26.7 Å². The van der Waals surface area contributed by atoms with E-state index in [-0.39, 0.29) is 31.8 Å². The van der Waals surface area contributed by atoms with Gasteiger partial charge in [-0.25, -0.2) is 8.78 Å². The maximum absolute atomic E-state index is 13.5. The third kappa shape index (κ3) is 5.75. The van der Waals surface area contributed by atoms with Crippen LogP contribution in [0.5, 0.6) is 0 Å². The standard InChI is InChI=1S/C31H26F5NO2/c1-2-3-4-26-18-24-17-23(19-27(28(24)39-26)21-9-11-25(12-10-21)31(34,35)36)20-5-7-22(8-6-20)29(38)37-15-13-30(32,33)14-16-37/h2-3,5-12,17-19H,4,13-16H2,1H3. The minimum Gasteiger partial charge on any atom is -0.460 e. The lowest BCUT2D eigenvalue weighted by Gasteiger charge is -2.31. The topological polar surface area (TPSA) is 33.5 Å². The number of hydrogen-bond acceptors (Lipinski definition) is 2. The largest absolute Gasteiger partial charge is 0.460 e. The SMILES string of the molecule is CC=CCc1cc2cc(-c3ccc(C(=O)N4CCC(F)(F)CC4)cc3)cc(-c3ccc(C(F)(F)F)cc3)c2o1. The van der Waals surface area contributed by atoms with E-state index in [2.05, 4.69) is 0 Å². The highest BCUT2D eigenvalue weighted by molar-refractivity contribution is 5.98. The van der Waals surface area contributed by atoms with Crippen LogP contribution in [0.15, 0.2) is 83.3 Å². The number of alkyl halides is 5. The number of rotatable bonds is 5. The van der Waals surface area contributed by atoms with Crippen LogP contribution in [-0.2, 0) is 12.6 Å². The molecule has 1 aliphatic heterocycles. The lowest BCUT2D eigenvalue weighted by molar-refractivity contribution is -0.137. The summed E-state index contributed by atoms with van der Waals surface area (Å²) in [7, 11) is 0. The summed E-state index contributed by atoms with van der Waals surface area (Å²) >= 11 is 0. The number of carbonyl (C=O) groups is 1. The van der Waals surface area contributed by atoms with Crippen molar-refractivity contribution in [3.05, 3.63) is 95.8 Å². The highest BCUT2D eigenvalue weighted by Gasteiger charge is 2.35. The number of fused-ring (bicyclic) bond motifs is 1. The van der Waals surface area contributed by atoms with Crippen LogP contribution in [0.3, 0.4) is 0 Å². The van der Waals surface area contributed by atoms with E-state index in [0.29, 0.717) is 28.7 Å². The molecule has 1 aliphatic rings. The van der Waals surface area contributed by atoms with Crippen LogP contribution in [0.25, 0.3) is 33.2 Å². The molecule has 3 nitrogen and oxygen atoms in total. The van der Waals surface area contributed by atoms with Gasteiger partial charge in [-0.1, -0.05) is 36.4 Å². The number of nitrogens with zero attached hydrogens (tertiary/aromatic N) is 1. The number of carbonyl (C=O) groups excluding carboxylic acids is 1. The fourth-order valence-electron chi connectivity index (χ4n) is 4.79. The minimum absolute atomic E-state index is 0.0107. The average molecular weight is 540 g/mol. The summed E-state index contributed by atoms with van der Waals surface area (Å²) in [6.07, 6.45) is -0.682. The Balaban J connectivity index is 1.50. The Morgan fingerprint density at radius 1 is 0.923 bits per heavy atom. The van der Waals surface area contributed by atoms with E-state index >= 15 is 0 Å². The smallest absolute Gasteiger partial charge is 0.416 e. The van der Waals surface area contributed by atoms with Crippen LogP contribution in [0, 0.1) is 0 Å². The summed E-state index contributed by atoms with van der Waals surface area (Å²) < 4.78 is 72.5. The van der Waals surface area contributed by atoms with E-state index in [4.69, 9.17) is 4.42 Å². The normalized spacial score (nSPS) is 15.8. The molecule has 3 aromatic carbocycles. The molecular formula is C31H26F5NO2. The highest BCUT2D eigenvalue weighted by atomic mass is 19.4. The molecule has 5 rings (SSSR count). The van der Waals surface area contributed by atoms with Gasteiger partial charge in [0, 0.05) is 48.9 Å². The maximum Gasteiger partial charge on any atom is 0.416 e. The van der Waals surface area contributed by atoms with Gasteiger partial charge in [0.25, 0.3) is 11.8 Å². The van der Waals surface area contributed by atoms with E-state index in [1.165, 1.54) is 17.0 Å². The van der Waals surface area contributed by atoms with Gasteiger partial charge in [0.15, 0.2) is 0 Å². The number of allylic oxidation sites excluding steroid dienone is 2. The number of halogens is 5. The van der Waals surface area contributed by atoms with E-state index in [0.717, 1.165) is 34.4 Å². The molecule has 1 fully saturated rings. The van der Waals surface area contributed by atoms with Crippen LogP contribution in [-0.4, -0.2) is 29.8 Å². The van der Waals surface area contributed by atoms with Crippen molar-refractivity contribution >= 4 is 16.9 Å². The number of hydrogen-bond donors (Lipinski definition) is 0. The summed E-state index contributed by atoms with van der Waals surface area (Å²) in [6.45, 7) is 1.93. The van der Waals surface area contributed by atoms with Crippen molar-refractivity contribution in [3.8, 4) is 22.3 Å². The molecule has 1 amide bonds. The Kier molecular flexibility index (Phi) is 7.05. The van der Waals surface area contributed by atoms with Gasteiger partial charge in [-0.15, -0.1) is 0 Å². The first kappa shape index (κ1) is 26.7. The summed E-state index contributed by atoms with van der Waals surface area (Å²) in [5.74, 6) is -2.30. The lowest BCUT2D eigenvalue weighted by Crippen LogP contribution is -2.42. The fraction of sp³-hybridized carbons (Fsp3) is 0.258. The molecule has 0 N–H and O–H groups in total. The van der Waals surface area contributed by atoms with Crippen LogP contribution >= 0.6 is 0 Å². The Labute approximate surface area is 222 Å². The molecule has 202 valence electrons. The number of piperidine rings is 1. The number of likely N-dealkylation sites (tertiary alicyclic amines) is 1. The van der Waals surface area contributed by atoms with E-state index in [1.54, 1.807) is 24.3 Å². The number of furan rings is 1. The summed E-state index contributed by atoms with van der Waals surface area (Å²) in [5, 5.41) is 0.802. The molecule has 0 unspecified atom stereocenters. The first-order valence-electron chi connectivity index (χ1n) is 12.7. The fourth-order valence-corrected chi connectivity index (χ4v) is 4.79. The summed E-state index contributed by atoms with van der Waals surface area (Å²) in [4.78, 5) is 14.3. The average Bonchev–Trinajstić information content (AvgIpc) is 3.33. The van der Waals surface area contributed by atoms with Crippen LogP contribution in [0.1, 0.15) is 41.4 Å². The second-order valence-corrected chi connectivity index (χ2v) is 9.73. The van der Waals surface area contributed by atoms with Crippen molar-refractivity contribution in [2.45, 2.75) is 38.3 Å².